The van der Waals surface area contributed by atoms with Crippen molar-refractivity contribution < 1.29 is 95.5 Å². The smallest absolute Gasteiger partial charge is 0.744 e. The quantitative estimate of drug-likeness (QED) is 0.0836. The molecule has 0 N–H and O–H groups in total. The largest absolute Gasteiger partial charge is 1.00 e. The summed E-state index contributed by atoms with van der Waals surface area (Å²) in [6.07, 6.45) is 0. The zero-order chi connectivity index (χ0) is 29.8. The van der Waals surface area contributed by atoms with Crippen molar-refractivity contribution in [3.63, 3.8) is 0 Å². The molecule has 6 rings (SSSR count). The van der Waals surface area contributed by atoms with Gasteiger partial charge in [-0.1, -0.05) is 48.5 Å². The van der Waals surface area contributed by atoms with Crippen molar-refractivity contribution in [3.8, 4) is 33.8 Å². The van der Waals surface area contributed by atoms with Gasteiger partial charge in [0.05, 0.1) is 16.9 Å². The summed E-state index contributed by atoms with van der Waals surface area (Å²) in [5.74, 6) is 1.38. The Bertz CT molecular complexity index is 2080. The summed E-state index contributed by atoms with van der Waals surface area (Å²) in [4.78, 5) is 0.455. The predicted octanol–water partition coefficient (Wildman–Crippen LogP) is 1.56. The average molecular weight is 647 g/mol. The Morgan fingerprint density at radius 3 is 1.55 bits per heavy atom. The molecule has 2 heterocycles. The third kappa shape index (κ3) is 6.64. The second kappa shape index (κ2) is 13.8. The van der Waals surface area contributed by atoms with Crippen LogP contribution in [0, 0.1) is 27.7 Å². The van der Waals surface area contributed by atoms with Gasteiger partial charge in [-0.05, 0) is 74.2 Å². The van der Waals surface area contributed by atoms with Gasteiger partial charge in [0.25, 0.3) is 0 Å². The molecule has 8 nitrogen and oxygen atoms in total. The van der Waals surface area contributed by atoms with E-state index in [1.807, 2.05) is 81.4 Å². The van der Waals surface area contributed by atoms with Gasteiger partial charge in [0.15, 0.2) is 0 Å². The standard InChI is InChI=1S/C32H26O8S2.2Na/c1-17-13-25-19(3)31(37-27(25)15-29(17)41-40-39-33)23-9-5-21(6-10-23)22-7-11-24(12-8-22)32-20(4)26-14-18(2)30(42(34,35)36)16-28(26)38-32;;/h5-16,33H,1-4H3,(H,34,35,36);;/q;2*+1/p-2. The van der Waals surface area contributed by atoms with Gasteiger partial charge in [-0.15, -0.1) is 0 Å². The van der Waals surface area contributed by atoms with Gasteiger partial charge >= 0.3 is 59.1 Å². The maximum Gasteiger partial charge on any atom is 1.00 e. The van der Waals surface area contributed by atoms with E-state index in [0.29, 0.717) is 22.5 Å². The van der Waals surface area contributed by atoms with Crippen LogP contribution in [0.5, 0.6) is 0 Å². The van der Waals surface area contributed by atoms with Crippen LogP contribution in [0.15, 0.2) is 91.4 Å². The Balaban J connectivity index is 0.00000221. The first-order chi connectivity index (χ1) is 20.0. The Kier molecular flexibility index (Phi) is 11.0. The molecular formula is C32H24Na2O8S2. The van der Waals surface area contributed by atoms with E-state index in [9.17, 15) is 18.2 Å². The van der Waals surface area contributed by atoms with Gasteiger partial charge in [0, 0.05) is 37.9 Å². The number of fused-ring (bicyclic) bond motifs is 2. The number of hydrogen-bond acceptors (Lipinski definition) is 9. The van der Waals surface area contributed by atoms with E-state index in [-0.39, 0.29) is 64.0 Å². The molecule has 0 aliphatic carbocycles. The van der Waals surface area contributed by atoms with E-state index >= 15 is 0 Å². The molecule has 214 valence electrons. The minimum atomic E-state index is -4.60. The molecule has 0 spiro atoms. The molecule has 2 aromatic heterocycles. The van der Waals surface area contributed by atoms with Crippen LogP contribution >= 0.6 is 12.0 Å². The topological polar surface area (TPSA) is 125 Å². The zero-order valence-corrected chi connectivity index (χ0v) is 30.6. The first-order valence-corrected chi connectivity index (χ1v) is 15.1. The first kappa shape index (κ1) is 35.0. The second-order valence-electron chi connectivity index (χ2n) is 10.2. The molecule has 0 amide bonds. The molecule has 0 fully saturated rings. The number of hydrogen-bond donors (Lipinski definition) is 0. The molecule has 44 heavy (non-hydrogen) atoms. The maximum atomic E-state index is 11.6. The zero-order valence-electron chi connectivity index (χ0n) is 25.0. The minimum Gasteiger partial charge on any atom is -0.744 e. The van der Waals surface area contributed by atoms with E-state index < -0.39 is 10.1 Å². The normalized spacial score (nSPS) is 11.5. The van der Waals surface area contributed by atoms with Crippen LogP contribution in [0.25, 0.3) is 55.7 Å². The van der Waals surface area contributed by atoms with Gasteiger partial charge in [0.1, 0.15) is 32.8 Å². The summed E-state index contributed by atoms with van der Waals surface area (Å²) in [7, 11) is -4.60. The van der Waals surface area contributed by atoms with Crippen LogP contribution in [-0.4, -0.2) is 13.0 Å². The van der Waals surface area contributed by atoms with Crippen LogP contribution in [0.1, 0.15) is 22.3 Å². The molecule has 0 saturated carbocycles. The van der Waals surface area contributed by atoms with Crippen molar-refractivity contribution in [2.75, 3.05) is 0 Å². The number of aryl methyl sites for hydroxylation is 4. The Labute approximate surface area is 303 Å². The monoisotopic (exact) mass is 646 g/mol. The summed E-state index contributed by atoms with van der Waals surface area (Å²) in [6.45, 7) is 7.45. The van der Waals surface area contributed by atoms with Gasteiger partial charge in [0.2, 0.25) is 0 Å². The number of rotatable bonds is 7. The Morgan fingerprint density at radius 1 is 0.659 bits per heavy atom. The van der Waals surface area contributed by atoms with Crippen LogP contribution in [0.3, 0.4) is 0 Å². The molecule has 6 aromatic rings. The van der Waals surface area contributed by atoms with Crippen molar-refractivity contribution in [2.45, 2.75) is 37.5 Å². The average Bonchev–Trinajstić information content (AvgIpc) is 3.46. The molecule has 0 bridgehead atoms. The van der Waals surface area contributed by atoms with E-state index in [1.165, 1.54) is 6.07 Å². The van der Waals surface area contributed by atoms with Crippen molar-refractivity contribution in [1.82, 2.24) is 0 Å². The molecule has 0 radical (unpaired) electrons. The van der Waals surface area contributed by atoms with Crippen LogP contribution in [0.4, 0.5) is 0 Å². The van der Waals surface area contributed by atoms with E-state index in [2.05, 4.69) is 9.37 Å². The summed E-state index contributed by atoms with van der Waals surface area (Å²) >= 11 is 0.841. The van der Waals surface area contributed by atoms with Gasteiger partial charge in [-0.3, -0.25) is 5.04 Å². The van der Waals surface area contributed by atoms with Gasteiger partial charge in [-0.2, -0.15) is 4.33 Å². The molecule has 0 unspecified atom stereocenters. The minimum absolute atomic E-state index is 0. The fourth-order valence-electron chi connectivity index (χ4n) is 5.30. The van der Waals surface area contributed by atoms with Crippen molar-refractivity contribution in [2.24, 2.45) is 0 Å². The SMILES string of the molecule is Cc1cc2c(C)c(-c3ccc(-c4ccc(-c5oc6cc(S(=O)(=O)[O-])c(C)cc6c5C)cc4)cc3)oc2cc1SOO[O-].[Na+].[Na+]. The van der Waals surface area contributed by atoms with Crippen LogP contribution < -0.4 is 64.4 Å². The van der Waals surface area contributed by atoms with Crippen LogP contribution in [-0.2, 0) is 19.5 Å². The molecule has 0 atom stereocenters. The molecule has 4 aromatic carbocycles. The summed E-state index contributed by atoms with van der Waals surface area (Å²) in [5.41, 5.74) is 8.06. The van der Waals surface area contributed by atoms with Gasteiger partial charge in [-0.25, -0.2) is 8.42 Å². The van der Waals surface area contributed by atoms with E-state index in [0.717, 1.165) is 72.4 Å². The second-order valence-corrected chi connectivity index (χ2v) is 12.3. The fraction of sp³-hybridized carbons (Fsp3) is 0.125. The molecule has 0 aliphatic rings. The molecule has 12 heteroatoms. The van der Waals surface area contributed by atoms with Crippen molar-refractivity contribution in [1.29, 1.82) is 0 Å². The Morgan fingerprint density at radius 2 is 1.09 bits per heavy atom. The molecule has 0 aliphatic heterocycles. The molecule has 0 saturated heterocycles. The van der Waals surface area contributed by atoms with Crippen molar-refractivity contribution >= 4 is 44.1 Å². The van der Waals surface area contributed by atoms with Gasteiger partial charge < -0.3 is 18.6 Å². The first-order valence-electron chi connectivity index (χ1n) is 12.9. The third-order valence-electron chi connectivity index (χ3n) is 7.52. The number of benzene rings is 4. The van der Waals surface area contributed by atoms with Crippen molar-refractivity contribution in [3.05, 3.63) is 95.1 Å². The van der Waals surface area contributed by atoms with Crippen LogP contribution in [0.2, 0.25) is 0 Å². The predicted molar refractivity (Wildman–Crippen MR) is 157 cm³/mol. The fourth-order valence-corrected chi connectivity index (χ4v) is 6.45. The number of furan rings is 2. The van der Waals surface area contributed by atoms with E-state index in [4.69, 9.17) is 8.83 Å². The third-order valence-corrected chi connectivity index (χ3v) is 9.24. The summed E-state index contributed by atoms with van der Waals surface area (Å²) < 4.78 is 51.6. The Hall–Kier alpha value is -1.90. The van der Waals surface area contributed by atoms with E-state index in [1.54, 1.807) is 13.0 Å². The molecular weight excluding hydrogens is 622 g/mol. The summed E-state index contributed by atoms with van der Waals surface area (Å²) in [6, 6.07) is 22.8. The summed E-state index contributed by atoms with van der Waals surface area (Å²) in [5, 5.41) is 15.5. The maximum absolute atomic E-state index is 11.6.